The second-order valence-corrected chi connectivity index (χ2v) is 6.77. The van der Waals surface area contributed by atoms with Crippen LogP contribution < -0.4 is 5.73 Å². The van der Waals surface area contributed by atoms with Crippen LogP contribution in [-0.4, -0.2) is 15.2 Å². The number of nitrogen functional groups attached to an aromatic ring is 1. The van der Waals surface area contributed by atoms with Crippen LogP contribution in [-0.2, 0) is 5.41 Å². The first-order valence-electron chi connectivity index (χ1n) is 7.20. The van der Waals surface area contributed by atoms with Gasteiger partial charge in [0.2, 0.25) is 0 Å². The molecule has 0 bridgehead atoms. The van der Waals surface area contributed by atoms with Crippen molar-refractivity contribution in [2.24, 2.45) is 0 Å². The normalized spacial score (nSPS) is 23.4. The molecule has 3 N–H and O–H groups in total. The van der Waals surface area contributed by atoms with Crippen molar-refractivity contribution in [2.75, 3.05) is 5.73 Å². The molecule has 1 saturated carbocycles. The number of nitrogens with one attached hydrogen (secondary N) is 1. The van der Waals surface area contributed by atoms with Crippen molar-refractivity contribution in [3.8, 4) is 0 Å². The molecule has 2 aromatic heterocycles. The summed E-state index contributed by atoms with van der Waals surface area (Å²) in [5, 5.41) is 7.03. The third kappa shape index (κ3) is 2.44. The van der Waals surface area contributed by atoms with Crippen LogP contribution in [0.1, 0.15) is 69.2 Å². The summed E-state index contributed by atoms with van der Waals surface area (Å²) in [6.45, 7) is 6.42. The van der Waals surface area contributed by atoms with E-state index in [-0.39, 0.29) is 5.41 Å². The fourth-order valence-corrected chi connectivity index (χ4v) is 2.87. The first kappa shape index (κ1) is 13.2. The molecule has 2 aromatic rings. The van der Waals surface area contributed by atoms with Gasteiger partial charge in [0.25, 0.3) is 0 Å². The van der Waals surface area contributed by atoms with E-state index in [0.29, 0.717) is 17.7 Å². The molecule has 108 valence electrons. The highest BCUT2D eigenvalue weighted by Gasteiger charge is 2.32. The number of hydrogen-bond acceptors (Lipinski definition) is 4. The van der Waals surface area contributed by atoms with Crippen LogP contribution in [0.4, 0.5) is 5.82 Å². The molecule has 3 rings (SSSR count). The molecule has 0 spiro atoms. The lowest BCUT2D eigenvalue weighted by Crippen LogP contribution is -2.09. The number of H-pyrrole nitrogens is 1. The summed E-state index contributed by atoms with van der Waals surface area (Å²) in [6.07, 6.45) is 5.15. The second kappa shape index (κ2) is 4.65. The van der Waals surface area contributed by atoms with Crippen LogP contribution in [0, 0.1) is 0 Å². The van der Waals surface area contributed by atoms with Crippen molar-refractivity contribution in [1.82, 2.24) is 15.2 Å². The monoisotopic (exact) mass is 274 g/mol. The van der Waals surface area contributed by atoms with E-state index in [0.717, 1.165) is 36.6 Å². The van der Waals surface area contributed by atoms with E-state index in [1.54, 1.807) is 0 Å². The number of nitrogens with zero attached hydrogens (tertiary/aromatic N) is 2. The molecular formula is C15H22N4O. The molecule has 0 radical (unpaired) electrons. The van der Waals surface area contributed by atoms with Crippen molar-refractivity contribution in [1.29, 1.82) is 0 Å². The van der Waals surface area contributed by atoms with Gasteiger partial charge >= 0.3 is 0 Å². The van der Waals surface area contributed by atoms with Gasteiger partial charge in [-0.25, -0.2) is 4.98 Å². The van der Waals surface area contributed by atoms with Crippen molar-refractivity contribution in [2.45, 2.75) is 57.3 Å². The summed E-state index contributed by atoms with van der Waals surface area (Å²) in [5.74, 6) is 3.29. The van der Waals surface area contributed by atoms with Gasteiger partial charge in [-0.05, 0) is 19.3 Å². The van der Waals surface area contributed by atoms with Gasteiger partial charge in [-0.1, -0.05) is 20.8 Å². The van der Waals surface area contributed by atoms with Crippen LogP contribution in [0.15, 0.2) is 16.7 Å². The third-order valence-corrected chi connectivity index (χ3v) is 4.10. The Balaban J connectivity index is 1.72. The summed E-state index contributed by atoms with van der Waals surface area (Å²) in [4.78, 5) is 4.48. The molecule has 0 aliphatic heterocycles. The minimum Gasteiger partial charge on any atom is -0.445 e. The van der Waals surface area contributed by atoms with E-state index in [1.807, 2.05) is 12.3 Å². The lowest BCUT2D eigenvalue weighted by molar-refractivity contribution is 0.363. The Hall–Kier alpha value is -1.78. The number of rotatable bonds is 2. The lowest BCUT2D eigenvalue weighted by atomic mass is 9.94. The zero-order valence-corrected chi connectivity index (χ0v) is 12.3. The Labute approximate surface area is 119 Å². The molecule has 2 heterocycles. The van der Waals surface area contributed by atoms with Crippen LogP contribution in [0.2, 0.25) is 0 Å². The predicted molar refractivity (Wildman–Crippen MR) is 77.5 cm³/mol. The number of aromatic nitrogens is 3. The fraction of sp³-hybridized carbons (Fsp3) is 0.600. The molecule has 0 aromatic carbocycles. The average Bonchev–Trinajstić information content (AvgIpc) is 3.06. The van der Waals surface area contributed by atoms with Crippen LogP contribution in [0.5, 0.6) is 0 Å². The van der Waals surface area contributed by atoms with E-state index in [4.69, 9.17) is 10.2 Å². The number of anilines is 1. The zero-order chi connectivity index (χ0) is 14.3. The molecule has 0 saturated heterocycles. The Morgan fingerprint density at radius 3 is 2.65 bits per heavy atom. The van der Waals surface area contributed by atoms with Crippen LogP contribution in [0.3, 0.4) is 0 Å². The second-order valence-electron chi connectivity index (χ2n) is 6.77. The summed E-state index contributed by atoms with van der Waals surface area (Å²) in [7, 11) is 0. The Bertz CT molecular complexity index is 593. The first-order chi connectivity index (χ1) is 9.43. The van der Waals surface area contributed by atoms with Crippen LogP contribution >= 0.6 is 0 Å². The third-order valence-electron chi connectivity index (χ3n) is 4.10. The van der Waals surface area contributed by atoms with E-state index < -0.39 is 0 Å². The van der Waals surface area contributed by atoms with Gasteiger partial charge in [0.05, 0.1) is 6.20 Å². The van der Waals surface area contributed by atoms with Crippen molar-refractivity contribution in [3.05, 3.63) is 29.6 Å². The maximum Gasteiger partial charge on any atom is 0.197 e. The molecular weight excluding hydrogens is 252 g/mol. The highest BCUT2D eigenvalue weighted by molar-refractivity contribution is 5.31. The SMILES string of the molecule is CC(C)(C)c1cnc([C@H]2CC[C@@H](c3cc(N)n[nH]3)C2)o1. The molecule has 0 amide bonds. The van der Waals surface area contributed by atoms with Crippen molar-refractivity contribution in [3.63, 3.8) is 0 Å². The Morgan fingerprint density at radius 1 is 1.30 bits per heavy atom. The minimum atomic E-state index is 0.0150. The summed E-state index contributed by atoms with van der Waals surface area (Å²) in [5.41, 5.74) is 6.82. The molecule has 1 aliphatic carbocycles. The topological polar surface area (TPSA) is 80.7 Å². The standard InChI is InChI=1S/C15H22N4O/c1-15(2,3)12-8-17-14(20-12)10-5-4-9(6-10)11-7-13(16)19-18-11/h7-10H,4-6H2,1-3H3,(H3,16,18,19)/t9-,10+/m1/s1. The maximum atomic E-state index is 5.96. The molecule has 5 heteroatoms. The largest absolute Gasteiger partial charge is 0.445 e. The first-order valence-corrected chi connectivity index (χ1v) is 7.20. The molecule has 1 aliphatic rings. The fourth-order valence-electron chi connectivity index (χ4n) is 2.87. The molecule has 20 heavy (non-hydrogen) atoms. The van der Waals surface area contributed by atoms with E-state index in [2.05, 4.69) is 36.0 Å². The van der Waals surface area contributed by atoms with Crippen molar-refractivity contribution < 1.29 is 4.42 Å². The zero-order valence-electron chi connectivity index (χ0n) is 12.3. The van der Waals surface area contributed by atoms with E-state index >= 15 is 0 Å². The Morgan fingerprint density at radius 2 is 2.05 bits per heavy atom. The minimum absolute atomic E-state index is 0.0150. The number of aromatic amines is 1. The summed E-state index contributed by atoms with van der Waals surface area (Å²) in [6, 6.07) is 1.93. The molecule has 0 unspecified atom stereocenters. The van der Waals surface area contributed by atoms with E-state index in [9.17, 15) is 0 Å². The quantitative estimate of drug-likeness (QED) is 0.880. The average molecular weight is 274 g/mol. The van der Waals surface area contributed by atoms with Gasteiger partial charge in [0.15, 0.2) is 5.89 Å². The maximum absolute atomic E-state index is 5.96. The number of hydrogen-bond donors (Lipinski definition) is 2. The van der Waals surface area contributed by atoms with E-state index in [1.165, 1.54) is 0 Å². The van der Waals surface area contributed by atoms with Crippen LogP contribution in [0.25, 0.3) is 0 Å². The van der Waals surface area contributed by atoms with Gasteiger partial charge in [-0.3, -0.25) is 5.10 Å². The van der Waals surface area contributed by atoms with Gasteiger partial charge in [-0.15, -0.1) is 0 Å². The van der Waals surface area contributed by atoms with Gasteiger partial charge in [0.1, 0.15) is 11.6 Å². The molecule has 5 nitrogen and oxygen atoms in total. The smallest absolute Gasteiger partial charge is 0.197 e. The predicted octanol–water partition coefficient (Wildman–Crippen LogP) is 3.33. The molecule has 1 fully saturated rings. The summed E-state index contributed by atoms with van der Waals surface area (Å²) < 4.78 is 5.96. The van der Waals surface area contributed by atoms with Gasteiger partial charge < -0.3 is 10.2 Å². The van der Waals surface area contributed by atoms with Gasteiger partial charge in [-0.2, -0.15) is 5.10 Å². The number of nitrogens with two attached hydrogens (primary N) is 1. The number of oxazole rings is 1. The lowest BCUT2D eigenvalue weighted by Gasteiger charge is -2.13. The summed E-state index contributed by atoms with van der Waals surface area (Å²) >= 11 is 0. The highest BCUT2D eigenvalue weighted by Crippen LogP contribution is 2.43. The van der Waals surface area contributed by atoms with Gasteiger partial charge in [0, 0.05) is 29.0 Å². The molecule has 2 atom stereocenters. The highest BCUT2D eigenvalue weighted by atomic mass is 16.4. The Kier molecular flexibility index (Phi) is 3.07. The van der Waals surface area contributed by atoms with Crippen molar-refractivity contribution >= 4 is 5.82 Å².